The van der Waals surface area contributed by atoms with Gasteiger partial charge in [0.15, 0.2) is 0 Å². The van der Waals surface area contributed by atoms with Crippen LogP contribution in [-0.4, -0.2) is 69.5 Å². The fraction of sp³-hybridized carbons (Fsp3) is 0.500. The van der Waals surface area contributed by atoms with Crippen LogP contribution in [-0.2, 0) is 11.3 Å². The molecule has 0 saturated carbocycles. The van der Waals surface area contributed by atoms with Crippen LogP contribution in [0.2, 0.25) is 0 Å². The standard InChI is InChI=1S/C18H23N7O3.ClH/c1-23-6-4-20-16(26)7-12-8-19-9-15(12)25-11-13(21-22-25)10-24-5-2-3-14(17(23)27)18(24)28;/h2-3,5,11-12,15,19H,4,6-10H2,1H3,(H,20,26);1H/t12-,15+;/m0./s1. The van der Waals surface area contributed by atoms with Crippen LogP contribution >= 0.6 is 12.4 Å². The number of hydrogen-bond acceptors (Lipinski definition) is 6. The van der Waals surface area contributed by atoms with Gasteiger partial charge in [0, 0.05) is 51.8 Å². The van der Waals surface area contributed by atoms with Crippen LogP contribution in [0.4, 0.5) is 0 Å². The molecule has 2 aliphatic rings. The minimum atomic E-state index is -0.371. The van der Waals surface area contributed by atoms with Gasteiger partial charge < -0.3 is 20.1 Å². The van der Waals surface area contributed by atoms with Crippen LogP contribution in [0.5, 0.6) is 0 Å². The van der Waals surface area contributed by atoms with E-state index in [2.05, 4.69) is 20.9 Å². The summed E-state index contributed by atoms with van der Waals surface area (Å²) in [5, 5.41) is 14.6. The highest BCUT2D eigenvalue weighted by atomic mass is 35.5. The highest BCUT2D eigenvalue weighted by molar-refractivity contribution is 5.93. The lowest BCUT2D eigenvalue weighted by Crippen LogP contribution is -2.39. The number of fused-ring (bicyclic) bond motifs is 6. The SMILES string of the molecule is CN1CCNC(=O)C[C@H]2CNC[C@H]2n2cc(nn2)Cn2cccc(c2=O)C1=O.Cl. The summed E-state index contributed by atoms with van der Waals surface area (Å²) in [4.78, 5) is 39.2. The number of carbonyl (C=O) groups is 2. The van der Waals surface area contributed by atoms with E-state index in [-0.39, 0.29) is 53.8 Å². The molecule has 2 aromatic rings. The average Bonchev–Trinajstić information content (AvgIpc) is 3.31. The second kappa shape index (κ2) is 8.75. The number of aromatic nitrogens is 4. The normalized spacial score (nSPS) is 22.6. The second-order valence-corrected chi connectivity index (χ2v) is 7.31. The lowest BCUT2D eigenvalue weighted by Gasteiger charge is -2.20. The Bertz CT molecular complexity index is 957. The first-order valence-corrected chi connectivity index (χ1v) is 9.36. The quantitative estimate of drug-likeness (QED) is 0.579. The van der Waals surface area contributed by atoms with Crippen molar-refractivity contribution < 1.29 is 9.59 Å². The van der Waals surface area contributed by atoms with E-state index < -0.39 is 0 Å². The lowest BCUT2D eigenvalue weighted by atomic mass is 9.99. The number of pyridine rings is 1. The third kappa shape index (κ3) is 4.33. The number of nitrogens with one attached hydrogen (secondary N) is 2. The highest BCUT2D eigenvalue weighted by Gasteiger charge is 2.31. The maximum Gasteiger partial charge on any atom is 0.263 e. The van der Waals surface area contributed by atoms with Gasteiger partial charge >= 0.3 is 0 Å². The van der Waals surface area contributed by atoms with Gasteiger partial charge in [-0.3, -0.25) is 14.4 Å². The van der Waals surface area contributed by atoms with Crippen LogP contribution in [0.25, 0.3) is 0 Å². The summed E-state index contributed by atoms with van der Waals surface area (Å²) in [6.07, 6.45) is 3.83. The molecule has 1 fully saturated rings. The van der Waals surface area contributed by atoms with Crippen molar-refractivity contribution in [3.05, 3.63) is 46.1 Å². The monoisotopic (exact) mass is 421 g/mol. The van der Waals surface area contributed by atoms with Crippen LogP contribution < -0.4 is 16.2 Å². The van der Waals surface area contributed by atoms with Crippen molar-refractivity contribution in [1.29, 1.82) is 0 Å². The van der Waals surface area contributed by atoms with E-state index >= 15 is 0 Å². The second-order valence-electron chi connectivity index (χ2n) is 7.31. The van der Waals surface area contributed by atoms with E-state index in [9.17, 15) is 14.4 Å². The van der Waals surface area contributed by atoms with E-state index in [1.807, 2.05) is 6.20 Å². The smallest absolute Gasteiger partial charge is 0.263 e. The average molecular weight is 422 g/mol. The molecule has 0 aliphatic carbocycles. The number of nitrogens with zero attached hydrogens (tertiary/aromatic N) is 5. The molecular weight excluding hydrogens is 398 g/mol. The van der Waals surface area contributed by atoms with Crippen LogP contribution in [0, 0.1) is 5.92 Å². The number of amides is 2. The summed E-state index contributed by atoms with van der Waals surface area (Å²) >= 11 is 0. The van der Waals surface area contributed by atoms with Crippen molar-refractivity contribution in [3.8, 4) is 0 Å². The van der Waals surface area contributed by atoms with Gasteiger partial charge in [-0.25, -0.2) is 4.68 Å². The zero-order chi connectivity index (χ0) is 19.7. The molecule has 0 unspecified atom stereocenters. The van der Waals surface area contributed by atoms with Gasteiger partial charge in [-0.05, 0) is 12.1 Å². The molecule has 4 heterocycles. The number of halogens is 1. The van der Waals surface area contributed by atoms with Crippen molar-refractivity contribution in [2.24, 2.45) is 5.92 Å². The Morgan fingerprint density at radius 2 is 2.03 bits per heavy atom. The Kier molecular flexibility index (Phi) is 6.33. The number of carbonyl (C=O) groups excluding carboxylic acids is 2. The van der Waals surface area contributed by atoms with Crippen molar-refractivity contribution in [2.45, 2.75) is 19.0 Å². The van der Waals surface area contributed by atoms with Gasteiger partial charge in [-0.1, -0.05) is 5.21 Å². The highest BCUT2D eigenvalue weighted by Crippen LogP contribution is 2.24. The van der Waals surface area contributed by atoms with Gasteiger partial charge in [-0.15, -0.1) is 17.5 Å². The molecule has 2 aliphatic heterocycles. The molecule has 2 atom stereocenters. The molecule has 10 nitrogen and oxygen atoms in total. The minimum absolute atomic E-state index is 0. The Labute approximate surface area is 173 Å². The van der Waals surface area contributed by atoms with Gasteiger partial charge in [0.1, 0.15) is 11.3 Å². The first-order valence-electron chi connectivity index (χ1n) is 9.36. The number of likely N-dealkylation sites (N-methyl/N-ethyl adjacent to an activating group) is 1. The van der Waals surface area contributed by atoms with Gasteiger partial charge in [0.05, 0.1) is 18.8 Å². The van der Waals surface area contributed by atoms with E-state index in [0.717, 1.165) is 6.54 Å². The maximum absolute atomic E-state index is 12.8. The summed E-state index contributed by atoms with van der Waals surface area (Å²) in [7, 11) is 1.62. The summed E-state index contributed by atoms with van der Waals surface area (Å²) < 4.78 is 3.24. The first kappa shape index (κ1) is 21.0. The third-order valence-corrected chi connectivity index (χ3v) is 5.35. The molecule has 0 radical (unpaired) electrons. The third-order valence-electron chi connectivity index (χ3n) is 5.35. The van der Waals surface area contributed by atoms with Gasteiger partial charge in [0.2, 0.25) is 5.91 Å². The van der Waals surface area contributed by atoms with Gasteiger partial charge in [0.25, 0.3) is 11.5 Å². The molecule has 29 heavy (non-hydrogen) atoms. The first-order chi connectivity index (χ1) is 13.5. The maximum atomic E-state index is 12.8. The van der Waals surface area contributed by atoms with E-state index in [1.165, 1.54) is 15.5 Å². The Morgan fingerprint density at radius 1 is 1.21 bits per heavy atom. The molecule has 11 heteroatoms. The van der Waals surface area contributed by atoms with Crippen LogP contribution in [0.15, 0.2) is 29.3 Å². The largest absolute Gasteiger partial charge is 0.354 e. The zero-order valence-electron chi connectivity index (χ0n) is 16.1. The molecule has 0 spiro atoms. The molecule has 2 N–H and O–H groups in total. The molecular formula is C18H24ClN7O3. The van der Waals surface area contributed by atoms with Crippen molar-refractivity contribution in [3.63, 3.8) is 0 Å². The van der Waals surface area contributed by atoms with E-state index in [0.29, 0.717) is 31.7 Å². The van der Waals surface area contributed by atoms with Gasteiger partial charge in [-0.2, -0.15) is 0 Å². The summed E-state index contributed by atoms with van der Waals surface area (Å²) in [6.45, 7) is 2.34. The Morgan fingerprint density at radius 3 is 2.86 bits per heavy atom. The summed E-state index contributed by atoms with van der Waals surface area (Å²) in [5.74, 6) is -0.327. The van der Waals surface area contributed by atoms with Crippen molar-refractivity contribution >= 4 is 24.2 Å². The van der Waals surface area contributed by atoms with Crippen molar-refractivity contribution in [1.82, 2.24) is 35.1 Å². The Balaban J connectivity index is 0.00000240. The fourth-order valence-electron chi connectivity index (χ4n) is 3.76. The molecule has 156 valence electrons. The van der Waals surface area contributed by atoms with Crippen LogP contribution in [0.1, 0.15) is 28.5 Å². The predicted molar refractivity (Wildman–Crippen MR) is 107 cm³/mol. The molecule has 1 saturated heterocycles. The van der Waals surface area contributed by atoms with Crippen molar-refractivity contribution in [2.75, 3.05) is 33.2 Å². The molecule has 0 aromatic carbocycles. The van der Waals surface area contributed by atoms with E-state index in [4.69, 9.17) is 0 Å². The van der Waals surface area contributed by atoms with E-state index in [1.54, 1.807) is 24.0 Å². The Hall–Kier alpha value is -2.72. The fourth-order valence-corrected chi connectivity index (χ4v) is 3.76. The predicted octanol–water partition coefficient (Wildman–Crippen LogP) is -0.738. The molecule has 4 bridgehead atoms. The molecule has 4 rings (SSSR count). The summed E-state index contributed by atoms with van der Waals surface area (Å²) in [6, 6.07) is 3.23. The lowest BCUT2D eigenvalue weighted by molar-refractivity contribution is -0.122. The topological polar surface area (TPSA) is 114 Å². The minimum Gasteiger partial charge on any atom is -0.354 e. The summed E-state index contributed by atoms with van der Waals surface area (Å²) in [5.41, 5.74) is 0.351. The molecule has 2 amide bonds. The van der Waals surface area contributed by atoms with Crippen LogP contribution in [0.3, 0.4) is 0 Å². The molecule has 2 aromatic heterocycles. The number of hydrogen-bond donors (Lipinski definition) is 2. The number of rotatable bonds is 0. The zero-order valence-corrected chi connectivity index (χ0v) is 16.9.